The molecule has 0 aromatic carbocycles. The maximum Gasteiger partial charge on any atom is 0.258 e. The number of carbonyl (C=O) groups is 1. The molecule has 0 spiro atoms. The Balaban J connectivity index is 1.71. The first-order chi connectivity index (χ1) is 14.0. The van der Waals surface area contributed by atoms with Crippen molar-refractivity contribution in [2.24, 2.45) is 0 Å². The zero-order valence-corrected chi connectivity index (χ0v) is 15.6. The Morgan fingerprint density at radius 1 is 1.24 bits per heavy atom. The third-order valence-electron chi connectivity index (χ3n) is 5.57. The lowest BCUT2D eigenvalue weighted by atomic mass is 10.1. The molecule has 0 saturated carbocycles. The first-order valence-electron chi connectivity index (χ1n) is 9.62. The van der Waals surface area contributed by atoms with E-state index >= 15 is 0 Å². The van der Waals surface area contributed by atoms with Crippen molar-refractivity contribution in [1.29, 1.82) is 0 Å². The summed E-state index contributed by atoms with van der Waals surface area (Å²) >= 11 is 0. The number of rotatable bonds is 0. The van der Waals surface area contributed by atoms with Crippen LogP contribution in [0.2, 0.25) is 0 Å². The number of aryl methyl sites for hydroxylation is 1. The van der Waals surface area contributed by atoms with Crippen LogP contribution < -0.4 is 21.5 Å². The summed E-state index contributed by atoms with van der Waals surface area (Å²) in [5.74, 6) is -0.108. The summed E-state index contributed by atoms with van der Waals surface area (Å²) in [6, 6.07) is 2.82. The molecule has 0 radical (unpaired) electrons. The van der Waals surface area contributed by atoms with Crippen LogP contribution in [-0.2, 0) is 6.54 Å². The van der Waals surface area contributed by atoms with E-state index in [0.29, 0.717) is 43.1 Å². The van der Waals surface area contributed by atoms with Gasteiger partial charge in [-0.15, -0.1) is 5.10 Å². The van der Waals surface area contributed by atoms with E-state index in [1.165, 1.54) is 21.3 Å². The summed E-state index contributed by atoms with van der Waals surface area (Å²) in [6.07, 6.45) is 4.95. The smallest absolute Gasteiger partial charge is 0.258 e. The highest BCUT2D eigenvalue weighted by Gasteiger charge is 2.31. The van der Waals surface area contributed by atoms with Gasteiger partial charge in [-0.05, 0) is 31.4 Å². The second-order valence-corrected chi connectivity index (χ2v) is 7.39. The summed E-state index contributed by atoms with van der Waals surface area (Å²) in [5, 5.41) is 6.96. The van der Waals surface area contributed by atoms with Crippen LogP contribution in [0, 0.1) is 5.82 Å². The number of aromatic nitrogens is 4. The maximum atomic E-state index is 14.3. The molecule has 9 nitrogen and oxygen atoms in total. The second-order valence-electron chi connectivity index (χ2n) is 7.39. The summed E-state index contributed by atoms with van der Waals surface area (Å²) in [6.45, 7) is 1.29. The summed E-state index contributed by atoms with van der Waals surface area (Å²) in [4.78, 5) is 32.3. The van der Waals surface area contributed by atoms with Gasteiger partial charge in [0.25, 0.3) is 11.5 Å². The fourth-order valence-electron chi connectivity index (χ4n) is 4.24. The maximum absolute atomic E-state index is 14.3. The van der Waals surface area contributed by atoms with Gasteiger partial charge in [-0.1, -0.05) is 0 Å². The topological polar surface area (TPSA) is 111 Å². The molecule has 2 aliphatic rings. The predicted molar refractivity (Wildman–Crippen MR) is 104 cm³/mol. The second kappa shape index (κ2) is 6.57. The minimum atomic E-state index is -0.447. The summed E-state index contributed by atoms with van der Waals surface area (Å²) in [7, 11) is 0. The molecule has 3 N–H and O–H groups in total. The lowest BCUT2D eigenvalue weighted by Gasteiger charge is -2.26. The van der Waals surface area contributed by atoms with Crippen LogP contribution in [0.25, 0.3) is 5.65 Å². The normalized spacial score (nSPS) is 19.3. The third kappa shape index (κ3) is 2.82. The minimum absolute atomic E-state index is 0.112. The Hall–Kier alpha value is -3.43. The molecule has 2 aliphatic heterocycles. The fraction of sp³-hybridized carbons (Fsp3) is 0.368. The van der Waals surface area contributed by atoms with E-state index in [-0.39, 0.29) is 28.9 Å². The molecule has 5 heterocycles. The molecule has 3 aromatic rings. The Morgan fingerprint density at radius 3 is 2.97 bits per heavy atom. The molecule has 1 amide bonds. The SMILES string of the molecule is Nc1nn2ccc3nc2c1C(=O)NCCCn1cc(F)cc(c1=O)[C@H]1CCCN31. The van der Waals surface area contributed by atoms with E-state index in [1.54, 1.807) is 12.3 Å². The van der Waals surface area contributed by atoms with Crippen molar-refractivity contribution in [3.05, 3.63) is 51.8 Å². The standard InChI is InChI=1S/C19H20FN7O2/c20-11-9-12-13-3-1-7-26(13)14-4-8-27-17(23-14)15(16(21)24-27)18(28)22-5-2-6-25(10-11)19(12)29/h4,8-10,13H,1-3,5-7H2,(H2,21,24)(H,22,28)/t13-/m1/s1. The van der Waals surface area contributed by atoms with Crippen molar-refractivity contribution in [3.63, 3.8) is 0 Å². The molecule has 4 bridgehead atoms. The highest BCUT2D eigenvalue weighted by Crippen LogP contribution is 2.34. The van der Waals surface area contributed by atoms with Gasteiger partial charge in [-0.2, -0.15) is 0 Å². The number of anilines is 2. The van der Waals surface area contributed by atoms with E-state index in [0.717, 1.165) is 12.8 Å². The molecule has 0 unspecified atom stereocenters. The molecule has 3 aromatic heterocycles. The number of nitrogen functional groups attached to an aromatic ring is 1. The largest absolute Gasteiger partial charge is 0.381 e. The summed E-state index contributed by atoms with van der Waals surface area (Å²) in [5.41, 5.74) is 6.80. The van der Waals surface area contributed by atoms with Gasteiger partial charge in [0.2, 0.25) is 0 Å². The van der Waals surface area contributed by atoms with Crippen molar-refractivity contribution in [1.82, 2.24) is 24.5 Å². The van der Waals surface area contributed by atoms with Gasteiger partial charge >= 0.3 is 0 Å². The Morgan fingerprint density at radius 2 is 2.10 bits per heavy atom. The average molecular weight is 397 g/mol. The number of nitrogens with zero attached hydrogens (tertiary/aromatic N) is 5. The highest BCUT2D eigenvalue weighted by atomic mass is 19.1. The van der Waals surface area contributed by atoms with E-state index in [4.69, 9.17) is 5.73 Å². The van der Waals surface area contributed by atoms with Gasteiger partial charge in [0.15, 0.2) is 11.5 Å². The number of pyridine rings is 1. The number of nitrogens with one attached hydrogen (secondary N) is 1. The Kier molecular flexibility index (Phi) is 4.00. The number of hydrogen-bond acceptors (Lipinski definition) is 6. The van der Waals surface area contributed by atoms with Crippen molar-refractivity contribution < 1.29 is 9.18 Å². The Bertz CT molecular complexity index is 1190. The van der Waals surface area contributed by atoms with Crippen LogP contribution in [-0.4, -0.2) is 38.2 Å². The molecule has 1 atom stereocenters. The van der Waals surface area contributed by atoms with Crippen LogP contribution in [0.15, 0.2) is 29.3 Å². The minimum Gasteiger partial charge on any atom is -0.381 e. The molecule has 1 fully saturated rings. The molecule has 29 heavy (non-hydrogen) atoms. The molecular weight excluding hydrogens is 377 g/mol. The molecule has 0 aliphatic carbocycles. The quantitative estimate of drug-likeness (QED) is 0.588. The van der Waals surface area contributed by atoms with Gasteiger partial charge in [-0.25, -0.2) is 13.9 Å². The van der Waals surface area contributed by atoms with Crippen molar-refractivity contribution in [3.8, 4) is 0 Å². The average Bonchev–Trinajstić information content (AvgIpc) is 3.29. The zero-order valence-electron chi connectivity index (χ0n) is 15.6. The number of amides is 1. The van der Waals surface area contributed by atoms with E-state index in [1.807, 2.05) is 4.90 Å². The number of fused-ring (bicyclic) bond motifs is 6. The van der Waals surface area contributed by atoms with Crippen LogP contribution in [0.5, 0.6) is 0 Å². The van der Waals surface area contributed by atoms with Crippen LogP contribution in [0.3, 0.4) is 0 Å². The fourth-order valence-corrected chi connectivity index (χ4v) is 4.24. The van der Waals surface area contributed by atoms with Gasteiger partial charge in [0, 0.05) is 37.6 Å². The van der Waals surface area contributed by atoms with Crippen molar-refractivity contribution in [2.45, 2.75) is 31.8 Å². The highest BCUT2D eigenvalue weighted by molar-refractivity contribution is 6.04. The van der Waals surface area contributed by atoms with Crippen molar-refractivity contribution in [2.75, 3.05) is 23.7 Å². The number of carbonyl (C=O) groups excluding carboxylic acids is 1. The van der Waals surface area contributed by atoms with E-state index in [9.17, 15) is 14.0 Å². The molecular formula is C19H20FN7O2. The number of halogens is 1. The van der Waals surface area contributed by atoms with Crippen molar-refractivity contribution >= 4 is 23.2 Å². The molecule has 5 rings (SSSR count). The first-order valence-corrected chi connectivity index (χ1v) is 9.62. The molecule has 150 valence electrons. The number of nitrogens with two attached hydrogens (primary N) is 1. The van der Waals surface area contributed by atoms with Crippen LogP contribution in [0.1, 0.15) is 41.2 Å². The van der Waals surface area contributed by atoms with Gasteiger partial charge < -0.3 is 20.5 Å². The number of hydrogen-bond donors (Lipinski definition) is 2. The lowest BCUT2D eigenvalue weighted by molar-refractivity contribution is 0.0955. The molecule has 1 saturated heterocycles. The predicted octanol–water partition coefficient (Wildman–Crippen LogP) is 1.09. The van der Waals surface area contributed by atoms with Gasteiger partial charge in [-0.3, -0.25) is 9.59 Å². The van der Waals surface area contributed by atoms with Gasteiger partial charge in [0.1, 0.15) is 17.2 Å². The van der Waals surface area contributed by atoms with Gasteiger partial charge in [0.05, 0.1) is 6.04 Å². The zero-order chi connectivity index (χ0) is 20.1. The Labute approximate surface area is 164 Å². The summed E-state index contributed by atoms with van der Waals surface area (Å²) < 4.78 is 17.1. The third-order valence-corrected chi connectivity index (χ3v) is 5.57. The molecule has 10 heteroatoms. The van der Waals surface area contributed by atoms with E-state index < -0.39 is 5.82 Å². The monoisotopic (exact) mass is 397 g/mol. The van der Waals surface area contributed by atoms with Crippen LogP contribution >= 0.6 is 0 Å². The van der Waals surface area contributed by atoms with E-state index in [2.05, 4.69) is 15.4 Å². The lowest BCUT2D eigenvalue weighted by Crippen LogP contribution is -2.33. The first kappa shape index (κ1) is 17.7. The van der Waals surface area contributed by atoms with Crippen LogP contribution in [0.4, 0.5) is 16.0 Å².